The molecule has 0 spiro atoms. The highest BCUT2D eigenvalue weighted by Gasteiger charge is 2.33. The van der Waals surface area contributed by atoms with E-state index in [0.717, 1.165) is 18.4 Å². The molecule has 0 bridgehead atoms. The maximum atomic E-state index is 12.6. The molecule has 1 N–H and O–H groups in total. The number of para-hydroxylation sites is 1. The van der Waals surface area contributed by atoms with Gasteiger partial charge in [0.05, 0.1) is 11.3 Å². The molecule has 0 atom stereocenters. The molecule has 1 aliphatic carbocycles. The second kappa shape index (κ2) is 8.11. The molecule has 0 radical (unpaired) electrons. The smallest absolute Gasteiger partial charge is 0.253 e. The summed E-state index contributed by atoms with van der Waals surface area (Å²) < 4.78 is 0. The number of hydrogen-bond donors (Lipinski definition) is 1. The Morgan fingerprint density at radius 2 is 1.77 bits per heavy atom. The standard InChI is InChI=1S/C20H20Cl2N2O2/c1-24(20(26)14-6-7-14)18-5-3-2-4-17(18)19(25)23-9-8-13-10-15(21)12-16(22)11-13/h2-5,10-12,14H,6-9H2,1H3,(H,23,25). The predicted octanol–water partition coefficient (Wildman–Crippen LogP) is 4.34. The van der Waals surface area contributed by atoms with Crippen LogP contribution >= 0.6 is 23.2 Å². The van der Waals surface area contributed by atoms with Crippen LogP contribution in [0.2, 0.25) is 10.0 Å². The van der Waals surface area contributed by atoms with E-state index in [-0.39, 0.29) is 17.7 Å². The van der Waals surface area contributed by atoms with Crippen molar-refractivity contribution in [1.82, 2.24) is 5.32 Å². The highest BCUT2D eigenvalue weighted by molar-refractivity contribution is 6.34. The number of amides is 2. The Balaban J connectivity index is 1.65. The van der Waals surface area contributed by atoms with Crippen molar-refractivity contribution in [2.45, 2.75) is 19.3 Å². The Bertz CT molecular complexity index is 814. The van der Waals surface area contributed by atoms with Gasteiger partial charge in [0, 0.05) is 29.6 Å². The van der Waals surface area contributed by atoms with Crippen LogP contribution in [0.3, 0.4) is 0 Å². The number of rotatable bonds is 6. The van der Waals surface area contributed by atoms with E-state index in [9.17, 15) is 9.59 Å². The third-order valence-electron chi connectivity index (χ3n) is 4.39. The lowest BCUT2D eigenvalue weighted by molar-refractivity contribution is -0.119. The van der Waals surface area contributed by atoms with Crippen LogP contribution in [0.4, 0.5) is 5.69 Å². The van der Waals surface area contributed by atoms with E-state index in [1.54, 1.807) is 36.2 Å². The zero-order chi connectivity index (χ0) is 18.7. The molecule has 26 heavy (non-hydrogen) atoms. The van der Waals surface area contributed by atoms with Crippen LogP contribution in [0.15, 0.2) is 42.5 Å². The predicted molar refractivity (Wildman–Crippen MR) is 105 cm³/mol. The van der Waals surface area contributed by atoms with Crippen LogP contribution in [0, 0.1) is 5.92 Å². The molecule has 6 heteroatoms. The molecule has 1 aliphatic rings. The largest absolute Gasteiger partial charge is 0.352 e. The van der Waals surface area contributed by atoms with Crippen LogP contribution in [-0.2, 0) is 11.2 Å². The lowest BCUT2D eigenvalue weighted by atomic mass is 10.1. The number of hydrogen-bond acceptors (Lipinski definition) is 2. The summed E-state index contributed by atoms with van der Waals surface area (Å²) in [4.78, 5) is 26.5. The summed E-state index contributed by atoms with van der Waals surface area (Å²) in [6.45, 7) is 0.449. The molecule has 4 nitrogen and oxygen atoms in total. The monoisotopic (exact) mass is 390 g/mol. The first kappa shape index (κ1) is 18.7. The van der Waals surface area contributed by atoms with Crippen molar-refractivity contribution >= 4 is 40.7 Å². The van der Waals surface area contributed by atoms with Crippen molar-refractivity contribution < 1.29 is 9.59 Å². The number of nitrogens with zero attached hydrogens (tertiary/aromatic N) is 1. The number of benzene rings is 2. The van der Waals surface area contributed by atoms with E-state index in [1.807, 2.05) is 18.2 Å². The van der Waals surface area contributed by atoms with Crippen molar-refractivity contribution in [3.05, 3.63) is 63.6 Å². The minimum atomic E-state index is -0.204. The average Bonchev–Trinajstić information content (AvgIpc) is 3.44. The van der Waals surface area contributed by atoms with Gasteiger partial charge in [-0.05, 0) is 55.2 Å². The second-order valence-corrected chi connectivity index (χ2v) is 7.35. The normalized spacial score (nSPS) is 13.3. The summed E-state index contributed by atoms with van der Waals surface area (Å²) in [5.41, 5.74) is 2.08. The minimum Gasteiger partial charge on any atom is -0.352 e. The molecule has 2 aromatic carbocycles. The Morgan fingerprint density at radius 3 is 2.42 bits per heavy atom. The van der Waals surface area contributed by atoms with Crippen molar-refractivity contribution in [2.75, 3.05) is 18.5 Å². The fraction of sp³-hybridized carbons (Fsp3) is 0.300. The van der Waals surface area contributed by atoms with Crippen LogP contribution in [-0.4, -0.2) is 25.4 Å². The van der Waals surface area contributed by atoms with Gasteiger partial charge in [-0.25, -0.2) is 0 Å². The van der Waals surface area contributed by atoms with Crippen molar-refractivity contribution in [1.29, 1.82) is 0 Å². The Kier molecular flexibility index (Phi) is 5.84. The SMILES string of the molecule is CN(C(=O)C1CC1)c1ccccc1C(=O)NCCc1cc(Cl)cc(Cl)c1. The van der Waals surface area contributed by atoms with E-state index < -0.39 is 0 Å². The summed E-state index contributed by atoms with van der Waals surface area (Å²) in [5.74, 6) is -0.0355. The first-order valence-electron chi connectivity index (χ1n) is 8.55. The number of carbonyl (C=O) groups excluding carboxylic acids is 2. The number of nitrogens with one attached hydrogen (secondary N) is 1. The van der Waals surface area contributed by atoms with E-state index >= 15 is 0 Å². The first-order valence-corrected chi connectivity index (χ1v) is 9.31. The van der Waals surface area contributed by atoms with Crippen molar-refractivity contribution in [3.63, 3.8) is 0 Å². The summed E-state index contributed by atoms with van der Waals surface area (Å²) in [6, 6.07) is 12.5. The second-order valence-electron chi connectivity index (χ2n) is 6.47. The van der Waals surface area contributed by atoms with Gasteiger partial charge in [0.15, 0.2) is 0 Å². The van der Waals surface area contributed by atoms with E-state index in [2.05, 4.69) is 5.32 Å². The fourth-order valence-corrected chi connectivity index (χ4v) is 3.42. The van der Waals surface area contributed by atoms with Crippen molar-refractivity contribution in [2.24, 2.45) is 5.92 Å². The third-order valence-corrected chi connectivity index (χ3v) is 4.83. The van der Waals surface area contributed by atoms with Gasteiger partial charge in [-0.3, -0.25) is 9.59 Å². The molecule has 2 aromatic rings. The quantitative estimate of drug-likeness (QED) is 0.797. The molecular weight excluding hydrogens is 371 g/mol. The minimum absolute atomic E-state index is 0.0684. The molecule has 0 aliphatic heterocycles. The molecule has 3 rings (SSSR count). The van der Waals surface area contributed by atoms with Gasteiger partial charge in [-0.1, -0.05) is 35.3 Å². The summed E-state index contributed by atoms with van der Waals surface area (Å²) in [6.07, 6.45) is 2.48. The van der Waals surface area contributed by atoms with E-state index in [0.29, 0.717) is 34.3 Å². The van der Waals surface area contributed by atoms with Gasteiger partial charge < -0.3 is 10.2 Å². The van der Waals surface area contributed by atoms with Gasteiger partial charge >= 0.3 is 0 Å². The topological polar surface area (TPSA) is 49.4 Å². The molecule has 1 fully saturated rings. The molecule has 0 aromatic heterocycles. The number of anilines is 1. The number of halogens is 2. The van der Waals surface area contributed by atoms with Crippen LogP contribution in [0.5, 0.6) is 0 Å². The van der Waals surface area contributed by atoms with E-state index in [4.69, 9.17) is 23.2 Å². The van der Waals surface area contributed by atoms with Crippen LogP contribution in [0.1, 0.15) is 28.8 Å². The molecule has 0 saturated heterocycles. The van der Waals surface area contributed by atoms with Crippen LogP contribution in [0.25, 0.3) is 0 Å². The molecule has 136 valence electrons. The molecule has 0 heterocycles. The van der Waals surface area contributed by atoms with Gasteiger partial charge in [0.2, 0.25) is 5.91 Å². The molecule has 2 amide bonds. The van der Waals surface area contributed by atoms with Gasteiger partial charge in [0.25, 0.3) is 5.91 Å². The zero-order valence-corrected chi connectivity index (χ0v) is 16.0. The summed E-state index contributed by atoms with van der Waals surface area (Å²) >= 11 is 12.0. The van der Waals surface area contributed by atoms with Crippen molar-refractivity contribution in [3.8, 4) is 0 Å². The molecular formula is C20H20Cl2N2O2. The Hall–Kier alpha value is -2.04. The summed E-state index contributed by atoms with van der Waals surface area (Å²) in [7, 11) is 1.72. The van der Waals surface area contributed by atoms with E-state index in [1.165, 1.54) is 0 Å². The lowest BCUT2D eigenvalue weighted by Crippen LogP contribution is -2.32. The number of carbonyl (C=O) groups is 2. The maximum absolute atomic E-state index is 12.6. The fourth-order valence-electron chi connectivity index (χ4n) is 2.85. The molecule has 0 unspecified atom stereocenters. The maximum Gasteiger partial charge on any atom is 0.253 e. The van der Waals surface area contributed by atoms with Gasteiger partial charge in [-0.15, -0.1) is 0 Å². The molecule has 1 saturated carbocycles. The Morgan fingerprint density at radius 1 is 1.12 bits per heavy atom. The lowest BCUT2D eigenvalue weighted by Gasteiger charge is -2.20. The van der Waals surface area contributed by atoms with Gasteiger partial charge in [0.1, 0.15) is 0 Å². The average molecular weight is 391 g/mol. The van der Waals surface area contributed by atoms with Gasteiger partial charge in [-0.2, -0.15) is 0 Å². The zero-order valence-electron chi connectivity index (χ0n) is 14.5. The highest BCUT2D eigenvalue weighted by Crippen LogP contribution is 2.33. The van der Waals surface area contributed by atoms with Crippen LogP contribution < -0.4 is 10.2 Å². The first-order chi connectivity index (χ1) is 12.5. The Labute approximate surface area is 163 Å². The summed E-state index contributed by atoms with van der Waals surface area (Å²) in [5, 5.41) is 4.05. The third kappa shape index (κ3) is 4.57. The highest BCUT2D eigenvalue weighted by atomic mass is 35.5.